The van der Waals surface area contributed by atoms with Crippen LogP contribution in [0.25, 0.3) is 0 Å². The van der Waals surface area contributed by atoms with Crippen LogP contribution in [0.5, 0.6) is 0 Å². The van der Waals surface area contributed by atoms with Gasteiger partial charge in [0.25, 0.3) is 5.56 Å². The Bertz CT molecular complexity index is 620. The minimum absolute atomic E-state index is 0.0778. The normalized spacial score (nSPS) is 10.2. The van der Waals surface area contributed by atoms with Gasteiger partial charge in [-0.25, -0.2) is 9.78 Å². The highest BCUT2D eigenvalue weighted by Crippen LogP contribution is 2.03. The van der Waals surface area contributed by atoms with E-state index in [9.17, 15) is 9.59 Å². The number of H-pyrrole nitrogens is 1. The Morgan fingerprint density at radius 2 is 2.00 bits per heavy atom. The van der Waals surface area contributed by atoms with Gasteiger partial charge in [0.15, 0.2) is 0 Å². The number of aromatic nitrogens is 2. The molecule has 1 N–H and O–H groups in total. The fraction of sp³-hybridized carbons (Fsp3) is 0.214. The van der Waals surface area contributed by atoms with Gasteiger partial charge in [0.05, 0.1) is 7.11 Å². The van der Waals surface area contributed by atoms with Crippen molar-refractivity contribution in [2.45, 2.75) is 12.8 Å². The monoisotopic (exact) mass is 258 g/mol. The molecule has 0 atom stereocenters. The summed E-state index contributed by atoms with van der Waals surface area (Å²) in [4.78, 5) is 29.6. The molecule has 0 spiro atoms. The third kappa shape index (κ3) is 3.28. The number of esters is 1. The van der Waals surface area contributed by atoms with E-state index in [1.165, 1.54) is 18.9 Å². The van der Waals surface area contributed by atoms with Crippen molar-refractivity contribution in [3.8, 4) is 0 Å². The highest BCUT2D eigenvalue weighted by atomic mass is 16.5. The minimum Gasteiger partial charge on any atom is -0.465 e. The van der Waals surface area contributed by atoms with E-state index >= 15 is 0 Å². The Hall–Kier alpha value is -2.43. The molecular formula is C14H14N2O3. The third-order valence-corrected chi connectivity index (χ3v) is 2.75. The molecule has 2 rings (SSSR count). The van der Waals surface area contributed by atoms with E-state index < -0.39 is 11.5 Å². The van der Waals surface area contributed by atoms with Crippen molar-refractivity contribution >= 4 is 5.97 Å². The predicted octanol–water partition coefficient (Wildman–Crippen LogP) is 1.34. The SMILES string of the molecule is COC(=O)c1cnc(CCc2ccccc2)[nH]c1=O. The van der Waals surface area contributed by atoms with E-state index in [4.69, 9.17) is 0 Å². The van der Waals surface area contributed by atoms with Crippen LogP contribution in [0, 0.1) is 0 Å². The molecule has 0 radical (unpaired) electrons. The van der Waals surface area contributed by atoms with Gasteiger partial charge in [-0.05, 0) is 12.0 Å². The molecule has 5 heteroatoms. The number of aryl methyl sites for hydroxylation is 2. The first-order valence-corrected chi connectivity index (χ1v) is 5.91. The van der Waals surface area contributed by atoms with Crippen LogP contribution in [-0.2, 0) is 17.6 Å². The van der Waals surface area contributed by atoms with Crippen LogP contribution >= 0.6 is 0 Å². The van der Waals surface area contributed by atoms with Gasteiger partial charge < -0.3 is 9.72 Å². The van der Waals surface area contributed by atoms with Crippen LogP contribution in [0.2, 0.25) is 0 Å². The highest BCUT2D eigenvalue weighted by molar-refractivity contribution is 5.88. The number of carbonyl (C=O) groups is 1. The molecule has 0 aliphatic heterocycles. The first-order valence-electron chi connectivity index (χ1n) is 5.91. The molecule has 2 aromatic rings. The topological polar surface area (TPSA) is 72.0 Å². The Morgan fingerprint density at radius 3 is 2.63 bits per heavy atom. The summed E-state index contributed by atoms with van der Waals surface area (Å²) in [5, 5.41) is 0. The van der Waals surface area contributed by atoms with Gasteiger partial charge in [-0.1, -0.05) is 30.3 Å². The molecule has 0 aliphatic carbocycles. The van der Waals surface area contributed by atoms with Crippen molar-refractivity contribution in [2.24, 2.45) is 0 Å². The highest BCUT2D eigenvalue weighted by Gasteiger charge is 2.11. The maximum Gasteiger partial charge on any atom is 0.345 e. The van der Waals surface area contributed by atoms with E-state index in [0.717, 1.165) is 6.42 Å². The standard InChI is InChI=1S/C14H14N2O3/c1-19-14(18)11-9-15-12(16-13(11)17)8-7-10-5-3-2-4-6-10/h2-6,9H,7-8H2,1H3,(H,15,16,17). The number of nitrogens with one attached hydrogen (secondary N) is 1. The van der Waals surface area contributed by atoms with Gasteiger partial charge in [-0.2, -0.15) is 0 Å². The second-order valence-corrected chi connectivity index (χ2v) is 4.05. The van der Waals surface area contributed by atoms with Crippen LogP contribution in [0.1, 0.15) is 21.7 Å². The van der Waals surface area contributed by atoms with Crippen LogP contribution in [0.15, 0.2) is 41.3 Å². The Morgan fingerprint density at radius 1 is 1.26 bits per heavy atom. The Labute approximate surface area is 110 Å². The van der Waals surface area contributed by atoms with Crippen molar-refractivity contribution in [1.82, 2.24) is 9.97 Å². The first kappa shape index (κ1) is 13.0. The van der Waals surface area contributed by atoms with Crippen LogP contribution in [0.3, 0.4) is 0 Å². The molecule has 0 bridgehead atoms. The van der Waals surface area contributed by atoms with E-state index in [1.807, 2.05) is 30.3 Å². The number of nitrogens with zero attached hydrogens (tertiary/aromatic N) is 1. The zero-order valence-electron chi connectivity index (χ0n) is 10.6. The first-order chi connectivity index (χ1) is 9.20. The summed E-state index contributed by atoms with van der Waals surface area (Å²) in [5.41, 5.74) is 0.623. The quantitative estimate of drug-likeness (QED) is 0.840. The number of ether oxygens (including phenoxy) is 1. The number of rotatable bonds is 4. The van der Waals surface area contributed by atoms with Crippen LogP contribution < -0.4 is 5.56 Å². The van der Waals surface area contributed by atoms with Crippen LogP contribution in [0.4, 0.5) is 0 Å². The molecule has 0 fully saturated rings. The van der Waals surface area contributed by atoms with E-state index in [1.54, 1.807) is 0 Å². The molecule has 0 amide bonds. The van der Waals surface area contributed by atoms with Gasteiger partial charge in [0.2, 0.25) is 0 Å². The zero-order chi connectivity index (χ0) is 13.7. The smallest absolute Gasteiger partial charge is 0.345 e. The maximum atomic E-state index is 11.7. The van der Waals surface area contributed by atoms with Gasteiger partial charge in [-0.3, -0.25) is 4.79 Å². The molecule has 0 unspecified atom stereocenters. The molecular weight excluding hydrogens is 244 g/mol. The fourth-order valence-corrected chi connectivity index (χ4v) is 1.72. The number of hydrogen-bond donors (Lipinski definition) is 1. The lowest BCUT2D eigenvalue weighted by Crippen LogP contribution is -2.21. The van der Waals surface area contributed by atoms with Crippen molar-refractivity contribution < 1.29 is 9.53 Å². The molecule has 1 aromatic heterocycles. The number of aromatic amines is 1. The lowest BCUT2D eigenvalue weighted by Gasteiger charge is -2.02. The molecule has 0 saturated heterocycles. The van der Waals surface area contributed by atoms with Crippen molar-refractivity contribution in [3.05, 3.63) is 63.8 Å². The summed E-state index contributed by atoms with van der Waals surface area (Å²) in [6, 6.07) is 9.91. The van der Waals surface area contributed by atoms with E-state index in [0.29, 0.717) is 12.2 Å². The summed E-state index contributed by atoms with van der Waals surface area (Å²) in [5.74, 6) is -0.120. The zero-order valence-corrected chi connectivity index (χ0v) is 10.6. The summed E-state index contributed by atoms with van der Waals surface area (Å²) in [6.45, 7) is 0. The van der Waals surface area contributed by atoms with Gasteiger partial charge in [0, 0.05) is 12.6 Å². The summed E-state index contributed by atoms with van der Waals surface area (Å²) in [6.07, 6.45) is 2.65. The van der Waals surface area contributed by atoms with Crippen molar-refractivity contribution in [2.75, 3.05) is 7.11 Å². The van der Waals surface area contributed by atoms with E-state index in [2.05, 4.69) is 14.7 Å². The van der Waals surface area contributed by atoms with E-state index in [-0.39, 0.29) is 5.56 Å². The fourth-order valence-electron chi connectivity index (χ4n) is 1.72. The van der Waals surface area contributed by atoms with Gasteiger partial charge >= 0.3 is 5.97 Å². The van der Waals surface area contributed by atoms with Gasteiger partial charge in [0.1, 0.15) is 11.4 Å². The van der Waals surface area contributed by atoms with Crippen molar-refractivity contribution in [3.63, 3.8) is 0 Å². The second-order valence-electron chi connectivity index (χ2n) is 4.05. The lowest BCUT2D eigenvalue weighted by atomic mass is 10.1. The number of carbonyl (C=O) groups excluding carboxylic acids is 1. The molecule has 98 valence electrons. The Kier molecular flexibility index (Phi) is 4.07. The molecule has 19 heavy (non-hydrogen) atoms. The number of methoxy groups -OCH3 is 1. The van der Waals surface area contributed by atoms with Gasteiger partial charge in [-0.15, -0.1) is 0 Å². The summed E-state index contributed by atoms with van der Waals surface area (Å²) < 4.78 is 4.49. The average Bonchev–Trinajstić information content (AvgIpc) is 2.45. The molecule has 0 saturated carbocycles. The minimum atomic E-state index is -0.677. The predicted molar refractivity (Wildman–Crippen MR) is 70.0 cm³/mol. The summed E-state index contributed by atoms with van der Waals surface area (Å²) >= 11 is 0. The molecule has 1 aromatic carbocycles. The third-order valence-electron chi connectivity index (χ3n) is 2.75. The second kappa shape index (κ2) is 5.95. The molecule has 5 nitrogen and oxygen atoms in total. The lowest BCUT2D eigenvalue weighted by molar-refractivity contribution is 0.0598. The van der Waals surface area contributed by atoms with Crippen LogP contribution in [-0.4, -0.2) is 23.0 Å². The largest absolute Gasteiger partial charge is 0.465 e. The van der Waals surface area contributed by atoms with Crippen molar-refractivity contribution in [1.29, 1.82) is 0 Å². The maximum absolute atomic E-state index is 11.7. The number of benzene rings is 1. The average molecular weight is 258 g/mol. The Balaban J connectivity index is 2.09. The number of hydrogen-bond acceptors (Lipinski definition) is 4. The molecule has 0 aliphatic rings. The molecule has 1 heterocycles. The summed E-state index contributed by atoms with van der Waals surface area (Å²) in [7, 11) is 1.23.